The number of nitrogens with one attached hydrogen (secondary N) is 2. The van der Waals surface area contributed by atoms with Crippen molar-refractivity contribution in [2.45, 2.75) is 24.0 Å². The zero-order valence-corrected chi connectivity index (χ0v) is 14.8. The molecule has 0 saturated carbocycles. The van der Waals surface area contributed by atoms with Crippen molar-refractivity contribution >= 4 is 35.1 Å². The Labute approximate surface area is 157 Å². The van der Waals surface area contributed by atoms with Crippen LogP contribution in [0.2, 0.25) is 5.02 Å². The fraction of sp³-hybridized carbons (Fsp3) is 0.235. The molecule has 0 aliphatic carbocycles. The van der Waals surface area contributed by atoms with E-state index in [4.69, 9.17) is 11.6 Å². The molecule has 2 amide bonds. The van der Waals surface area contributed by atoms with E-state index in [0.717, 1.165) is 16.2 Å². The van der Waals surface area contributed by atoms with Crippen LogP contribution in [0.1, 0.15) is 18.0 Å². The molecule has 0 bridgehead atoms. The molecule has 9 heteroatoms. The minimum Gasteiger partial charge on any atom is -0.433 e. The molecule has 0 spiro atoms. The minimum atomic E-state index is -2.99. The molecule has 2 aromatic rings. The highest BCUT2D eigenvalue weighted by atomic mass is 35.5. The standard InChI is InChI=1S/C17H14ClF3N2O2S/c18-12-8-10(2-3-14(12)25-16(20)21)22-17(24)23-13-5-6-26-15-4-1-9(19)7-11(13)15/h1-4,7-8,13,16H,5-6H2,(H2,22,23,24). The van der Waals surface area contributed by atoms with Crippen molar-refractivity contribution in [3.8, 4) is 5.75 Å². The van der Waals surface area contributed by atoms with Crippen LogP contribution in [0.25, 0.3) is 0 Å². The predicted molar refractivity (Wildman–Crippen MR) is 94.7 cm³/mol. The first-order valence-corrected chi connectivity index (χ1v) is 9.03. The predicted octanol–water partition coefficient (Wildman–Crippen LogP) is 5.44. The van der Waals surface area contributed by atoms with Crippen LogP contribution < -0.4 is 15.4 Å². The molecule has 1 aliphatic heterocycles. The third-order valence-corrected chi connectivity index (χ3v) is 5.14. The van der Waals surface area contributed by atoms with Gasteiger partial charge >= 0.3 is 12.6 Å². The number of rotatable bonds is 4. The summed E-state index contributed by atoms with van der Waals surface area (Å²) in [5, 5.41) is 5.32. The smallest absolute Gasteiger partial charge is 0.387 e. The van der Waals surface area contributed by atoms with Crippen molar-refractivity contribution in [3.63, 3.8) is 0 Å². The number of amides is 2. The molecule has 4 nitrogen and oxygen atoms in total. The Balaban J connectivity index is 1.67. The van der Waals surface area contributed by atoms with Crippen LogP contribution in [-0.2, 0) is 0 Å². The molecule has 0 aromatic heterocycles. The van der Waals surface area contributed by atoms with Gasteiger partial charge in [0.15, 0.2) is 0 Å². The Kier molecular flexibility index (Phi) is 5.83. The van der Waals surface area contributed by atoms with E-state index in [1.807, 2.05) is 0 Å². The highest BCUT2D eigenvalue weighted by Gasteiger charge is 2.23. The fourth-order valence-corrected chi connectivity index (χ4v) is 3.94. The Morgan fingerprint density at radius 3 is 2.81 bits per heavy atom. The second kappa shape index (κ2) is 8.09. The molecular weight excluding hydrogens is 389 g/mol. The summed E-state index contributed by atoms with van der Waals surface area (Å²) in [7, 11) is 0. The van der Waals surface area contributed by atoms with Crippen molar-refractivity contribution in [3.05, 3.63) is 52.8 Å². The summed E-state index contributed by atoms with van der Waals surface area (Å²) in [6.07, 6.45) is 0.663. The summed E-state index contributed by atoms with van der Waals surface area (Å²) in [6.45, 7) is -2.99. The van der Waals surface area contributed by atoms with E-state index in [9.17, 15) is 18.0 Å². The molecule has 3 rings (SSSR count). The van der Waals surface area contributed by atoms with Gasteiger partial charge in [-0.3, -0.25) is 0 Å². The third kappa shape index (κ3) is 4.56. The third-order valence-electron chi connectivity index (χ3n) is 3.72. The second-order valence-corrected chi connectivity index (χ2v) is 7.04. The molecule has 1 aliphatic rings. The number of alkyl halides is 2. The van der Waals surface area contributed by atoms with Crippen molar-refractivity contribution in [2.24, 2.45) is 0 Å². The molecule has 1 heterocycles. The Morgan fingerprint density at radius 2 is 2.08 bits per heavy atom. The van der Waals surface area contributed by atoms with Crippen LogP contribution >= 0.6 is 23.4 Å². The maximum Gasteiger partial charge on any atom is 0.387 e. The summed E-state index contributed by atoms with van der Waals surface area (Å²) in [6, 6.07) is 7.62. The van der Waals surface area contributed by atoms with Gasteiger partial charge in [-0.05, 0) is 48.4 Å². The first-order chi connectivity index (χ1) is 12.4. The lowest BCUT2D eigenvalue weighted by atomic mass is 10.0. The number of hydrogen-bond acceptors (Lipinski definition) is 3. The van der Waals surface area contributed by atoms with Gasteiger partial charge in [-0.15, -0.1) is 11.8 Å². The van der Waals surface area contributed by atoms with Crippen LogP contribution in [0.3, 0.4) is 0 Å². The van der Waals surface area contributed by atoms with E-state index in [1.54, 1.807) is 17.8 Å². The van der Waals surface area contributed by atoms with Crippen LogP contribution in [0.4, 0.5) is 23.7 Å². The summed E-state index contributed by atoms with van der Waals surface area (Å²) >= 11 is 7.47. The van der Waals surface area contributed by atoms with E-state index >= 15 is 0 Å². The molecule has 2 N–H and O–H groups in total. The highest BCUT2D eigenvalue weighted by molar-refractivity contribution is 7.99. The van der Waals surface area contributed by atoms with Gasteiger partial charge in [0.05, 0.1) is 11.1 Å². The molecule has 1 atom stereocenters. The first-order valence-electron chi connectivity index (χ1n) is 7.66. The van der Waals surface area contributed by atoms with Crippen molar-refractivity contribution in [1.82, 2.24) is 5.32 Å². The van der Waals surface area contributed by atoms with E-state index < -0.39 is 12.6 Å². The average Bonchev–Trinajstić information content (AvgIpc) is 2.57. The number of fused-ring (bicyclic) bond motifs is 1. The van der Waals surface area contributed by atoms with Crippen molar-refractivity contribution < 1.29 is 22.7 Å². The maximum absolute atomic E-state index is 13.5. The second-order valence-electron chi connectivity index (χ2n) is 5.49. The summed E-state index contributed by atoms with van der Waals surface area (Å²) < 4.78 is 42.2. The summed E-state index contributed by atoms with van der Waals surface area (Å²) in [4.78, 5) is 13.2. The van der Waals surface area contributed by atoms with E-state index in [-0.39, 0.29) is 22.6 Å². The SMILES string of the molecule is O=C(Nc1ccc(OC(F)F)c(Cl)c1)NC1CCSc2ccc(F)cc21. The monoisotopic (exact) mass is 402 g/mol. The van der Waals surface area contributed by atoms with Crippen LogP contribution in [0, 0.1) is 5.82 Å². The number of carbonyl (C=O) groups excluding carboxylic acids is 1. The number of carbonyl (C=O) groups is 1. The highest BCUT2D eigenvalue weighted by Crippen LogP contribution is 2.36. The number of benzene rings is 2. The molecule has 1 unspecified atom stereocenters. The lowest BCUT2D eigenvalue weighted by molar-refractivity contribution is -0.0497. The fourth-order valence-electron chi connectivity index (χ4n) is 2.61. The normalized spacial score (nSPS) is 16.1. The van der Waals surface area contributed by atoms with Gasteiger partial charge in [-0.2, -0.15) is 8.78 Å². The number of halogens is 4. The molecule has 0 fully saturated rings. The quantitative estimate of drug-likeness (QED) is 0.716. The van der Waals surface area contributed by atoms with Gasteiger partial charge in [0.2, 0.25) is 0 Å². The first kappa shape index (κ1) is 18.7. The summed E-state index contributed by atoms with van der Waals surface area (Å²) in [5.41, 5.74) is 1.05. The Bertz CT molecular complexity index is 823. The minimum absolute atomic E-state index is 0.0513. The Hall–Kier alpha value is -2.06. The van der Waals surface area contributed by atoms with Crippen LogP contribution in [0.5, 0.6) is 5.75 Å². The number of thioether (sulfide) groups is 1. The van der Waals surface area contributed by atoms with Crippen LogP contribution in [-0.4, -0.2) is 18.4 Å². The number of hydrogen-bond donors (Lipinski definition) is 2. The van der Waals surface area contributed by atoms with E-state index in [1.165, 1.54) is 30.3 Å². The lowest BCUT2D eigenvalue weighted by Gasteiger charge is -2.26. The zero-order valence-electron chi connectivity index (χ0n) is 13.3. The van der Waals surface area contributed by atoms with E-state index in [0.29, 0.717) is 12.1 Å². The maximum atomic E-state index is 13.5. The average molecular weight is 403 g/mol. The van der Waals surface area contributed by atoms with Gasteiger partial charge < -0.3 is 15.4 Å². The molecule has 138 valence electrons. The van der Waals surface area contributed by atoms with E-state index in [2.05, 4.69) is 15.4 Å². The number of ether oxygens (including phenoxy) is 1. The van der Waals surface area contributed by atoms with Crippen molar-refractivity contribution in [1.29, 1.82) is 0 Å². The van der Waals surface area contributed by atoms with Gasteiger partial charge in [-0.25, -0.2) is 9.18 Å². The Morgan fingerprint density at radius 1 is 1.27 bits per heavy atom. The molecule has 26 heavy (non-hydrogen) atoms. The molecular formula is C17H14ClF3N2O2S. The van der Waals surface area contributed by atoms with Crippen LogP contribution in [0.15, 0.2) is 41.3 Å². The number of anilines is 1. The zero-order chi connectivity index (χ0) is 18.7. The van der Waals surface area contributed by atoms with Gasteiger partial charge in [-0.1, -0.05) is 11.6 Å². The lowest BCUT2D eigenvalue weighted by Crippen LogP contribution is -2.34. The topological polar surface area (TPSA) is 50.4 Å². The summed E-state index contributed by atoms with van der Waals surface area (Å²) in [5.74, 6) is 0.260. The molecule has 0 radical (unpaired) electrons. The van der Waals surface area contributed by atoms with Gasteiger partial charge in [0.25, 0.3) is 0 Å². The van der Waals surface area contributed by atoms with Crippen molar-refractivity contribution in [2.75, 3.05) is 11.1 Å². The van der Waals surface area contributed by atoms with Gasteiger partial charge in [0.1, 0.15) is 11.6 Å². The number of urea groups is 1. The van der Waals surface area contributed by atoms with Gasteiger partial charge in [0, 0.05) is 16.3 Å². The molecule has 0 saturated heterocycles. The largest absolute Gasteiger partial charge is 0.433 e. The molecule has 2 aromatic carbocycles.